The molecule has 19 heavy (non-hydrogen) atoms. The van der Waals surface area contributed by atoms with Gasteiger partial charge in [0.15, 0.2) is 0 Å². The molecular formula is C14H12BrClN2O. The average molecular weight is 340 g/mol. The summed E-state index contributed by atoms with van der Waals surface area (Å²) >= 11 is 9.21. The molecule has 0 aliphatic heterocycles. The third kappa shape index (κ3) is 3.28. The predicted molar refractivity (Wildman–Crippen MR) is 82.7 cm³/mol. The minimum absolute atomic E-state index is 0.204. The monoisotopic (exact) mass is 338 g/mol. The van der Waals surface area contributed by atoms with Gasteiger partial charge in [-0.15, -0.1) is 0 Å². The highest BCUT2D eigenvalue weighted by atomic mass is 79.9. The van der Waals surface area contributed by atoms with E-state index in [1.807, 2.05) is 19.1 Å². The van der Waals surface area contributed by atoms with E-state index in [1.54, 1.807) is 24.3 Å². The fourth-order valence-electron chi connectivity index (χ4n) is 1.63. The zero-order valence-electron chi connectivity index (χ0n) is 10.2. The van der Waals surface area contributed by atoms with Crippen LogP contribution in [0.15, 0.2) is 40.9 Å². The van der Waals surface area contributed by atoms with Crippen LogP contribution in [0, 0.1) is 6.92 Å². The summed E-state index contributed by atoms with van der Waals surface area (Å²) in [5.74, 6) is -0.204. The molecule has 3 nitrogen and oxygen atoms in total. The van der Waals surface area contributed by atoms with E-state index < -0.39 is 0 Å². The van der Waals surface area contributed by atoms with E-state index >= 15 is 0 Å². The van der Waals surface area contributed by atoms with Crippen LogP contribution >= 0.6 is 27.5 Å². The molecule has 0 atom stereocenters. The molecule has 0 spiro atoms. The quantitative estimate of drug-likeness (QED) is 0.804. The standard InChI is InChI=1S/C14H12BrClN2O/c1-8-6-9(2-4-11(8)15)14(19)18-13-5-3-10(16)7-12(13)17/h2-7H,17H2,1H3,(H,18,19). The first-order valence-corrected chi connectivity index (χ1v) is 6.77. The lowest BCUT2D eigenvalue weighted by molar-refractivity contribution is 0.102. The molecule has 0 radical (unpaired) electrons. The number of halogens is 2. The van der Waals surface area contributed by atoms with E-state index in [2.05, 4.69) is 21.2 Å². The van der Waals surface area contributed by atoms with Crippen LogP contribution in [0.4, 0.5) is 11.4 Å². The number of nitrogen functional groups attached to an aromatic ring is 1. The number of hydrogen-bond acceptors (Lipinski definition) is 2. The number of rotatable bonds is 2. The summed E-state index contributed by atoms with van der Waals surface area (Å²) in [7, 11) is 0. The number of benzene rings is 2. The van der Waals surface area contributed by atoms with Crippen molar-refractivity contribution in [3.8, 4) is 0 Å². The zero-order chi connectivity index (χ0) is 14.0. The van der Waals surface area contributed by atoms with Crippen molar-refractivity contribution in [2.75, 3.05) is 11.1 Å². The van der Waals surface area contributed by atoms with E-state index in [4.69, 9.17) is 17.3 Å². The third-order valence-corrected chi connectivity index (χ3v) is 3.81. The summed E-state index contributed by atoms with van der Waals surface area (Å²) in [5.41, 5.74) is 8.36. The molecule has 0 aliphatic carbocycles. The van der Waals surface area contributed by atoms with Crippen LogP contribution in [0.5, 0.6) is 0 Å². The van der Waals surface area contributed by atoms with Crippen LogP contribution in [-0.4, -0.2) is 5.91 Å². The van der Waals surface area contributed by atoms with Crippen LogP contribution in [0.2, 0.25) is 5.02 Å². The van der Waals surface area contributed by atoms with Crippen molar-refractivity contribution in [2.24, 2.45) is 0 Å². The Labute approximate surface area is 124 Å². The lowest BCUT2D eigenvalue weighted by atomic mass is 10.1. The van der Waals surface area contributed by atoms with Crippen molar-refractivity contribution in [2.45, 2.75) is 6.92 Å². The average Bonchev–Trinajstić information content (AvgIpc) is 2.36. The summed E-state index contributed by atoms with van der Waals surface area (Å²) in [6.45, 7) is 1.93. The molecule has 0 aromatic heterocycles. The summed E-state index contributed by atoms with van der Waals surface area (Å²) in [6, 6.07) is 10.4. The van der Waals surface area contributed by atoms with E-state index in [9.17, 15) is 4.79 Å². The molecule has 1 amide bonds. The Morgan fingerprint density at radius 3 is 2.63 bits per heavy atom. The second kappa shape index (κ2) is 5.63. The topological polar surface area (TPSA) is 55.1 Å². The zero-order valence-corrected chi connectivity index (χ0v) is 12.5. The molecule has 5 heteroatoms. The Kier molecular flexibility index (Phi) is 4.12. The molecule has 98 valence electrons. The second-order valence-corrected chi connectivity index (χ2v) is 5.44. The maximum atomic E-state index is 12.1. The van der Waals surface area contributed by atoms with Crippen molar-refractivity contribution >= 4 is 44.8 Å². The lowest BCUT2D eigenvalue weighted by Crippen LogP contribution is -2.13. The maximum Gasteiger partial charge on any atom is 0.255 e. The molecule has 0 saturated heterocycles. The third-order valence-electron chi connectivity index (χ3n) is 2.68. The maximum absolute atomic E-state index is 12.1. The number of nitrogens with one attached hydrogen (secondary N) is 1. The molecule has 0 bridgehead atoms. The molecular weight excluding hydrogens is 328 g/mol. The van der Waals surface area contributed by atoms with E-state index in [-0.39, 0.29) is 5.91 Å². The van der Waals surface area contributed by atoms with Crippen molar-refractivity contribution in [3.05, 3.63) is 57.0 Å². The fraction of sp³-hybridized carbons (Fsp3) is 0.0714. The van der Waals surface area contributed by atoms with Gasteiger partial charge < -0.3 is 11.1 Å². The highest BCUT2D eigenvalue weighted by molar-refractivity contribution is 9.10. The van der Waals surface area contributed by atoms with Crippen molar-refractivity contribution in [3.63, 3.8) is 0 Å². The van der Waals surface area contributed by atoms with Gasteiger partial charge in [0.25, 0.3) is 5.91 Å². The Morgan fingerprint density at radius 2 is 2.00 bits per heavy atom. The first-order chi connectivity index (χ1) is 8.97. The van der Waals surface area contributed by atoms with E-state index in [0.29, 0.717) is 22.0 Å². The van der Waals surface area contributed by atoms with Gasteiger partial charge in [0, 0.05) is 15.1 Å². The number of hydrogen-bond donors (Lipinski definition) is 2. The first kappa shape index (κ1) is 13.9. The molecule has 0 saturated carbocycles. The van der Waals surface area contributed by atoms with Gasteiger partial charge >= 0.3 is 0 Å². The van der Waals surface area contributed by atoms with Gasteiger partial charge in [-0.2, -0.15) is 0 Å². The molecule has 2 aromatic carbocycles. The Morgan fingerprint density at radius 1 is 1.26 bits per heavy atom. The van der Waals surface area contributed by atoms with Crippen LogP contribution in [-0.2, 0) is 0 Å². The first-order valence-electron chi connectivity index (χ1n) is 5.60. The summed E-state index contributed by atoms with van der Waals surface area (Å²) in [4.78, 5) is 12.1. The molecule has 3 N–H and O–H groups in total. The van der Waals surface area contributed by atoms with Crippen LogP contribution in [0.25, 0.3) is 0 Å². The molecule has 0 fully saturated rings. The fourth-order valence-corrected chi connectivity index (χ4v) is 2.06. The molecule has 2 aromatic rings. The van der Waals surface area contributed by atoms with E-state index in [1.165, 1.54) is 0 Å². The van der Waals surface area contributed by atoms with Gasteiger partial charge in [-0.1, -0.05) is 27.5 Å². The molecule has 0 unspecified atom stereocenters. The predicted octanol–water partition coefficient (Wildman–Crippen LogP) is 4.25. The van der Waals surface area contributed by atoms with Gasteiger partial charge in [-0.25, -0.2) is 0 Å². The van der Waals surface area contributed by atoms with Crippen molar-refractivity contribution < 1.29 is 4.79 Å². The van der Waals surface area contributed by atoms with Crippen LogP contribution in [0.3, 0.4) is 0 Å². The number of aryl methyl sites for hydroxylation is 1. The summed E-state index contributed by atoms with van der Waals surface area (Å²) < 4.78 is 0.968. The van der Waals surface area contributed by atoms with Gasteiger partial charge in [-0.3, -0.25) is 4.79 Å². The molecule has 0 aliphatic rings. The smallest absolute Gasteiger partial charge is 0.255 e. The Bertz CT molecular complexity index is 643. The number of carbonyl (C=O) groups excluding carboxylic acids is 1. The SMILES string of the molecule is Cc1cc(C(=O)Nc2ccc(Cl)cc2N)ccc1Br. The highest BCUT2D eigenvalue weighted by Crippen LogP contribution is 2.24. The van der Waals surface area contributed by atoms with Crippen LogP contribution in [0.1, 0.15) is 15.9 Å². The Balaban J connectivity index is 2.23. The number of amides is 1. The molecule has 2 rings (SSSR count). The van der Waals surface area contributed by atoms with E-state index in [0.717, 1.165) is 10.0 Å². The number of anilines is 2. The second-order valence-electron chi connectivity index (χ2n) is 4.15. The van der Waals surface area contributed by atoms with Gasteiger partial charge in [-0.05, 0) is 48.9 Å². The minimum Gasteiger partial charge on any atom is -0.397 e. The largest absolute Gasteiger partial charge is 0.397 e. The summed E-state index contributed by atoms with van der Waals surface area (Å²) in [6.07, 6.45) is 0. The number of nitrogens with two attached hydrogens (primary N) is 1. The van der Waals surface area contributed by atoms with Gasteiger partial charge in [0.1, 0.15) is 0 Å². The van der Waals surface area contributed by atoms with Crippen molar-refractivity contribution in [1.29, 1.82) is 0 Å². The van der Waals surface area contributed by atoms with Gasteiger partial charge in [0.2, 0.25) is 0 Å². The Hall–Kier alpha value is -1.52. The molecule has 0 heterocycles. The highest BCUT2D eigenvalue weighted by Gasteiger charge is 2.09. The van der Waals surface area contributed by atoms with Crippen LogP contribution < -0.4 is 11.1 Å². The lowest BCUT2D eigenvalue weighted by Gasteiger charge is -2.09. The normalized spacial score (nSPS) is 10.3. The number of carbonyl (C=O) groups is 1. The van der Waals surface area contributed by atoms with Crippen molar-refractivity contribution in [1.82, 2.24) is 0 Å². The minimum atomic E-state index is -0.204. The summed E-state index contributed by atoms with van der Waals surface area (Å²) in [5, 5.41) is 3.30. The van der Waals surface area contributed by atoms with Gasteiger partial charge in [0.05, 0.1) is 11.4 Å².